The molecular weight excluding hydrogens is 946 g/mol. The topological polar surface area (TPSA) is 259 Å². The molecule has 0 radical (unpaired) electrons. The number of β-amino-alcohol motifs (C(OH)–C–C–N with tert-alkyl or cyclic N) is 1. The Bertz CT molecular complexity index is 2620. The molecule has 7 atom stereocenters. The van der Waals surface area contributed by atoms with Crippen molar-refractivity contribution in [2.45, 2.75) is 141 Å². The number of carbonyl (C=O) groups excluding carboxylic acids is 7. The summed E-state index contributed by atoms with van der Waals surface area (Å²) >= 11 is 1.56. The molecule has 4 aromatic rings. The standard InChI is InChI=1S/C52H65N9O8S.ClH/c1-29(32-16-18-34(19-17-32)45-30(2)55-28-70-45)56-48(66)40-26-37(62)27-60(40)51(69)46(52(3,4)5)59-43(64)15-7-6-10-31-11-8-14-36(24-31)57-47(65)39(22-23-42(54)63)58-49(67)41-25-35-13-9-12-33-20-21-38(53)50(68)61(41)44(33)35;/h8-9,11-14,16-19,24,28-29,37-41,46,62H,6-7,10,15,20-23,25-27,53H2,1-5H3,(H2,54,63)(H,56,66)(H,57,65)(H,58,67)(H,59,64);1H/t29-,37+,38-,39-,40-,41-,46+;/m0./s1. The number of likely N-dealkylation sites (tertiary alicyclic amines) is 1. The molecule has 1 fully saturated rings. The number of thiazole rings is 1. The molecule has 0 saturated carbocycles. The number of amides is 7. The van der Waals surface area contributed by atoms with Crippen molar-refractivity contribution in [1.82, 2.24) is 25.8 Å². The highest BCUT2D eigenvalue weighted by Gasteiger charge is 2.46. The van der Waals surface area contributed by atoms with Crippen LogP contribution in [0.3, 0.4) is 0 Å². The Morgan fingerprint density at radius 1 is 0.915 bits per heavy atom. The third-order valence-corrected chi connectivity index (χ3v) is 14.4. The van der Waals surface area contributed by atoms with Gasteiger partial charge in [0.2, 0.25) is 41.4 Å². The number of aliphatic hydroxyl groups is 1. The van der Waals surface area contributed by atoms with Crippen molar-refractivity contribution in [3.63, 3.8) is 0 Å². The molecular formula is C52H66ClN9O8S. The number of aryl methyl sites for hydroxylation is 3. The zero-order chi connectivity index (χ0) is 50.4. The van der Waals surface area contributed by atoms with Crippen LogP contribution in [0.2, 0.25) is 0 Å². The van der Waals surface area contributed by atoms with Crippen LogP contribution >= 0.6 is 23.7 Å². The number of nitrogens with zero attached hydrogens (tertiary/aromatic N) is 3. The highest BCUT2D eigenvalue weighted by Crippen LogP contribution is 2.39. The first-order valence-electron chi connectivity index (χ1n) is 24.1. The van der Waals surface area contributed by atoms with Crippen molar-refractivity contribution in [1.29, 1.82) is 0 Å². The van der Waals surface area contributed by atoms with E-state index in [2.05, 4.69) is 26.3 Å². The van der Waals surface area contributed by atoms with Crippen LogP contribution in [0, 0.1) is 12.3 Å². The maximum absolute atomic E-state index is 14.2. The summed E-state index contributed by atoms with van der Waals surface area (Å²) in [6.45, 7) is 9.31. The third-order valence-electron chi connectivity index (χ3n) is 13.4. The lowest BCUT2D eigenvalue weighted by Gasteiger charge is -2.35. The Morgan fingerprint density at radius 3 is 2.31 bits per heavy atom. The number of halogens is 1. The summed E-state index contributed by atoms with van der Waals surface area (Å²) in [5.41, 5.74) is 19.4. The zero-order valence-corrected chi connectivity index (χ0v) is 42.5. The van der Waals surface area contributed by atoms with Gasteiger partial charge in [-0.25, -0.2) is 4.98 Å². The first kappa shape index (κ1) is 54.1. The summed E-state index contributed by atoms with van der Waals surface area (Å²) in [6, 6.07) is 15.7. The van der Waals surface area contributed by atoms with Crippen molar-refractivity contribution in [2.24, 2.45) is 16.9 Å². The Morgan fingerprint density at radius 2 is 1.62 bits per heavy atom. The number of rotatable bonds is 18. The lowest BCUT2D eigenvalue weighted by Crippen LogP contribution is -2.57. The van der Waals surface area contributed by atoms with Gasteiger partial charge in [0.15, 0.2) is 0 Å². The fourth-order valence-electron chi connectivity index (χ4n) is 9.58. The Kier molecular flexibility index (Phi) is 17.8. The second-order valence-electron chi connectivity index (χ2n) is 19.8. The number of hydrogen-bond acceptors (Lipinski definition) is 11. The van der Waals surface area contributed by atoms with E-state index in [-0.39, 0.29) is 74.8 Å². The number of hydrogen-bond donors (Lipinski definition) is 7. The molecule has 0 bridgehead atoms. The maximum atomic E-state index is 14.2. The van der Waals surface area contributed by atoms with E-state index in [1.54, 1.807) is 35.0 Å². The minimum absolute atomic E-state index is 0. The van der Waals surface area contributed by atoms with E-state index in [4.69, 9.17) is 11.5 Å². The number of nitrogens with one attached hydrogen (secondary N) is 4. The van der Waals surface area contributed by atoms with E-state index in [9.17, 15) is 38.7 Å². The van der Waals surface area contributed by atoms with Gasteiger partial charge in [-0.2, -0.15) is 0 Å². The molecule has 1 aromatic heterocycles. The van der Waals surface area contributed by atoms with Crippen LogP contribution in [0.4, 0.5) is 11.4 Å². The SMILES string of the molecule is Cc1ncsc1-c1ccc([C@H](C)NC(=O)[C@@H]2C[C@@H](O)CN2C(=O)[C@@H](NC(=O)CCCCc2cccc(NC(=O)[C@H](CCC(N)=O)NC(=O)[C@@H]3Cc4cccc5c4N3C(=O)[C@@H](N)CC5)c2)C(C)(C)C)cc1.Cl. The lowest BCUT2D eigenvalue weighted by atomic mass is 9.85. The van der Waals surface area contributed by atoms with E-state index in [1.807, 2.05) is 83.1 Å². The van der Waals surface area contributed by atoms with Crippen molar-refractivity contribution in [3.05, 3.63) is 100 Å². The number of aromatic nitrogens is 1. The van der Waals surface area contributed by atoms with Crippen molar-refractivity contribution >= 4 is 76.5 Å². The molecule has 9 N–H and O–H groups in total. The predicted molar refractivity (Wildman–Crippen MR) is 274 cm³/mol. The summed E-state index contributed by atoms with van der Waals surface area (Å²) in [5.74, 6) is -3.25. The second-order valence-corrected chi connectivity index (χ2v) is 20.7. The van der Waals surface area contributed by atoms with E-state index in [0.717, 1.165) is 38.4 Å². The highest BCUT2D eigenvalue weighted by molar-refractivity contribution is 7.13. The number of aliphatic hydroxyl groups excluding tert-OH is 1. The number of anilines is 2. The first-order chi connectivity index (χ1) is 33.3. The maximum Gasteiger partial charge on any atom is 0.246 e. The van der Waals surface area contributed by atoms with Crippen molar-refractivity contribution in [3.8, 4) is 10.4 Å². The number of unbranched alkanes of at least 4 members (excludes halogenated alkanes) is 1. The smallest absolute Gasteiger partial charge is 0.246 e. The summed E-state index contributed by atoms with van der Waals surface area (Å²) in [4.78, 5) is 103. The number of primary amides is 1. The highest BCUT2D eigenvalue weighted by atomic mass is 35.5. The monoisotopic (exact) mass is 1010 g/mol. The molecule has 3 aliphatic heterocycles. The second kappa shape index (κ2) is 23.3. The molecule has 0 aliphatic carbocycles. The zero-order valence-electron chi connectivity index (χ0n) is 40.9. The van der Waals surface area contributed by atoms with Gasteiger partial charge in [0, 0.05) is 37.9 Å². The average Bonchev–Trinajstić information content (AvgIpc) is 4.03. The first-order valence-corrected chi connectivity index (χ1v) is 24.9. The Balaban J connectivity index is 0.00000825. The number of nitrogens with two attached hydrogens (primary N) is 2. The average molecular weight is 1010 g/mol. The summed E-state index contributed by atoms with van der Waals surface area (Å²) in [5, 5.41) is 22.3. The largest absolute Gasteiger partial charge is 0.391 e. The molecule has 380 valence electrons. The number of carbonyl (C=O) groups is 7. The van der Waals surface area contributed by atoms with Gasteiger partial charge in [0.05, 0.1) is 40.0 Å². The van der Waals surface area contributed by atoms with Crippen molar-refractivity contribution < 1.29 is 38.7 Å². The van der Waals surface area contributed by atoms with E-state index in [0.29, 0.717) is 43.5 Å². The van der Waals surface area contributed by atoms with Gasteiger partial charge in [-0.3, -0.25) is 38.5 Å². The van der Waals surface area contributed by atoms with Gasteiger partial charge in [0.25, 0.3) is 0 Å². The summed E-state index contributed by atoms with van der Waals surface area (Å²) in [6.07, 6.45) is 2.04. The number of benzene rings is 3. The molecule has 0 unspecified atom stereocenters. The normalized spacial score (nSPS) is 19.6. The summed E-state index contributed by atoms with van der Waals surface area (Å²) in [7, 11) is 0. The minimum Gasteiger partial charge on any atom is -0.391 e. The van der Waals surface area contributed by atoms with E-state index >= 15 is 0 Å². The van der Waals surface area contributed by atoms with Crippen LogP contribution in [0.25, 0.3) is 10.4 Å². The molecule has 3 aromatic carbocycles. The molecule has 19 heteroatoms. The van der Waals surface area contributed by atoms with Crippen molar-refractivity contribution in [2.75, 3.05) is 16.8 Å². The fraction of sp³-hybridized carbons (Fsp3) is 0.462. The minimum atomic E-state index is -1.14. The van der Waals surface area contributed by atoms with Crippen LogP contribution < -0.4 is 37.6 Å². The third kappa shape index (κ3) is 13.0. The molecule has 7 rings (SSSR count). The van der Waals surface area contributed by atoms with Crippen LogP contribution in [0.5, 0.6) is 0 Å². The van der Waals surface area contributed by atoms with Crippen LogP contribution in [0.1, 0.15) is 107 Å². The van der Waals surface area contributed by atoms with Gasteiger partial charge in [-0.1, -0.05) is 75.4 Å². The van der Waals surface area contributed by atoms with Gasteiger partial charge in [-0.15, -0.1) is 23.7 Å². The van der Waals surface area contributed by atoms with Gasteiger partial charge in [-0.05, 0) is 97.7 Å². The molecule has 3 aliphatic rings. The molecule has 4 heterocycles. The van der Waals surface area contributed by atoms with Crippen LogP contribution in [-0.4, -0.2) is 99.2 Å². The van der Waals surface area contributed by atoms with Gasteiger partial charge in [0.1, 0.15) is 24.2 Å². The van der Waals surface area contributed by atoms with Gasteiger partial charge < -0.3 is 42.7 Å². The van der Waals surface area contributed by atoms with Crippen LogP contribution in [-0.2, 0) is 52.8 Å². The molecule has 7 amide bonds. The Labute approximate surface area is 424 Å². The van der Waals surface area contributed by atoms with Gasteiger partial charge >= 0.3 is 0 Å². The lowest BCUT2D eigenvalue weighted by molar-refractivity contribution is -0.144. The van der Waals surface area contributed by atoms with E-state index in [1.165, 1.54) is 9.80 Å². The molecule has 17 nitrogen and oxygen atoms in total. The molecule has 1 saturated heterocycles. The predicted octanol–water partition coefficient (Wildman–Crippen LogP) is 4.54. The van der Waals surface area contributed by atoms with E-state index < -0.39 is 65.4 Å². The Hall–Kier alpha value is -6.21. The number of para-hydroxylation sites is 1. The van der Waals surface area contributed by atoms with Crippen LogP contribution in [0.15, 0.2) is 72.2 Å². The molecule has 0 spiro atoms. The quantitative estimate of drug-likeness (QED) is 0.0685. The summed E-state index contributed by atoms with van der Waals surface area (Å²) < 4.78 is 0. The fourth-order valence-corrected chi connectivity index (χ4v) is 10.4. The molecule has 71 heavy (non-hydrogen) atoms.